The number of hydrogen-bond acceptors (Lipinski definition) is 4. The molecule has 0 bridgehead atoms. The van der Waals surface area contributed by atoms with Crippen LogP contribution in [0.15, 0.2) is 84.3 Å². The summed E-state index contributed by atoms with van der Waals surface area (Å²) in [6.45, 7) is -0.231. The number of carbonyl (C=O) groups excluding carboxylic acids is 1. The lowest BCUT2D eigenvalue weighted by atomic mass is 10.0. The summed E-state index contributed by atoms with van der Waals surface area (Å²) in [5, 5.41) is 4.87. The molecule has 0 aromatic heterocycles. The Bertz CT molecular complexity index is 1340. The highest BCUT2D eigenvalue weighted by atomic mass is 35.5. The van der Waals surface area contributed by atoms with Gasteiger partial charge in [-0.2, -0.15) is 31.4 Å². The third kappa shape index (κ3) is 6.76. The van der Waals surface area contributed by atoms with Gasteiger partial charge in [0, 0.05) is 24.3 Å². The third-order valence-corrected chi connectivity index (χ3v) is 6.22. The Labute approximate surface area is 224 Å². The van der Waals surface area contributed by atoms with Crippen LogP contribution < -0.4 is 16.3 Å². The van der Waals surface area contributed by atoms with E-state index < -0.39 is 29.4 Å². The van der Waals surface area contributed by atoms with Gasteiger partial charge in [-0.25, -0.2) is 5.43 Å². The van der Waals surface area contributed by atoms with Gasteiger partial charge < -0.3 is 10.2 Å². The van der Waals surface area contributed by atoms with Crippen molar-refractivity contribution in [2.75, 3.05) is 12.4 Å². The number of benzene rings is 3. The summed E-state index contributed by atoms with van der Waals surface area (Å²) < 4.78 is 80.4. The first kappa shape index (κ1) is 28.1. The Morgan fingerprint density at radius 1 is 0.949 bits per heavy atom. The first-order chi connectivity index (χ1) is 18.3. The standard InChI is InChI=1S/C26H22ClF6N5O/c1-37(15-17-7-5-6-10-21(17)27)24(39)22-23(34-20-8-3-2-4-9-20)38(36-35-22)14-16-11-18(25(28,29)30)13-19(12-16)26(31,32)33/h2-13,34-36H,14-15H2,1H3/p+1. The smallest absolute Gasteiger partial charge is 0.336 e. The van der Waals surface area contributed by atoms with Gasteiger partial charge in [-0.3, -0.25) is 4.79 Å². The molecule has 3 aromatic rings. The van der Waals surface area contributed by atoms with Crippen LogP contribution in [0.25, 0.3) is 0 Å². The van der Waals surface area contributed by atoms with Crippen LogP contribution in [0.4, 0.5) is 32.0 Å². The van der Waals surface area contributed by atoms with Crippen LogP contribution in [0.1, 0.15) is 22.3 Å². The number of amides is 1. The Balaban J connectivity index is 1.68. The van der Waals surface area contributed by atoms with Crippen LogP contribution in [0.2, 0.25) is 5.02 Å². The Morgan fingerprint density at radius 2 is 1.54 bits per heavy atom. The maximum absolute atomic E-state index is 13.4. The molecule has 0 spiro atoms. The molecule has 0 aliphatic carbocycles. The van der Waals surface area contributed by atoms with Crippen LogP contribution in [-0.4, -0.2) is 22.9 Å². The molecule has 1 aliphatic heterocycles. The Kier molecular flexibility index (Phi) is 7.98. The van der Waals surface area contributed by atoms with Crippen molar-refractivity contribution in [2.45, 2.75) is 25.4 Å². The second kappa shape index (κ2) is 11.1. The van der Waals surface area contributed by atoms with Gasteiger partial charge in [-0.15, -0.1) is 5.53 Å². The molecular weight excluding hydrogens is 548 g/mol. The van der Waals surface area contributed by atoms with Gasteiger partial charge >= 0.3 is 12.4 Å². The van der Waals surface area contributed by atoms with Gasteiger partial charge in [-0.05, 0) is 47.5 Å². The van der Waals surface area contributed by atoms with Gasteiger partial charge in [0.2, 0.25) is 0 Å². The lowest BCUT2D eigenvalue weighted by molar-refractivity contribution is -0.827. The van der Waals surface area contributed by atoms with Gasteiger partial charge in [0.05, 0.1) is 17.7 Å². The van der Waals surface area contributed by atoms with Gasteiger partial charge in [-0.1, -0.05) is 48.0 Å². The molecule has 0 saturated carbocycles. The lowest BCUT2D eigenvalue weighted by Crippen LogP contribution is -2.97. The number of quaternary nitrogens is 1. The van der Waals surface area contributed by atoms with Crippen molar-refractivity contribution < 1.29 is 36.7 Å². The predicted molar refractivity (Wildman–Crippen MR) is 132 cm³/mol. The largest absolute Gasteiger partial charge is 0.416 e. The summed E-state index contributed by atoms with van der Waals surface area (Å²) in [6, 6.07) is 17.0. The minimum absolute atomic E-state index is 0.0522. The maximum Gasteiger partial charge on any atom is 0.416 e. The van der Waals surface area contributed by atoms with E-state index >= 15 is 0 Å². The number of likely N-dealkylation sites (N-methyl/N-ethyl adjacent to an activating group) is 1. The molecule has 6 nitrogen and oxygen atoms in total. The van der Waals surface area contributed by atoms with Crippen LogP contribution in [-0.2, 0) is 30.2 Å². The summed E-state index contributed by atoms with van der Waals surface area (Å²) in [7, 11) is 1.55. The minimum atomic E-state index is -4.98. The van der Waals surface area contributed by atoms with Crippen molar-refractivity contribution in [1.82, 2.24) is 15.3 Å². The van der Waals surface area contributed by atoms with Crippen molar-refractivity contribution in [3.05, 3.63) is 112 Å². The molecule has 0 unspecified atom stereocenters. The number of halogens is 7. The van der Waals surface area contributed by atoms with Gasteiger partial charge in [0.15, 0.2) is 11.5 Å². The number of nitrogens with two attached hydrogens (primary N) is 1. The number of alkyl halides is 6. The summed E-state index contributed by atoms with van der Waals surface area (Å²) in [5.41, 5.74) is 2.34. The first-order valence-electron chi connectivity index (χ1n) is 11.5. The maximum atomic E-state index is 13.4. The quantitative estimate of drug-likeness (QED) is 0.273. The number of rotatable bonds is 7. The van der Waals surface area contributed by atoms with E-state index in [0.717, 1.165) is 0 Å². The molecule has 1 heterocycles. The van der Waals surface area contributed by atoms with E-state index in [1.54, 1.807) is 61.6 Å². The molecule has 0 atom stereocenters. The number of anilines is 1. The molecule has 1 amide bonds. The monoisotopic (exact) mass is 570 g/mol. The van der Waals surface area contributed by atoms with Crippen LogP contribution in [0.5, 0.6) is 0 Å². The number of nitrogens with zero attached hydrogens (tertiary/aromatic N) is 2. The molecule has 0 fully saturated rings. The summed E-state index contributed by atoms with van der Waals surface area (Å²) in [6.07, 6.45) is -9.96. The van der Waals surface area contributed by atoms with Crippen molar-refractivity contribution >= 4 is 23.2 Å². The molecule has 4 N–H and O–H groups in total. The molecule has 0 radical (unpaired) electrons. The van der Waals surface area contributed by atoms with Crippen molar-refractivity contribution in [1.29, 1.82) is 0 Å². The number of hydrogen-bond donors (Lipinski definition) is 3. The molecule has 0 saturated heterocycles. The van der Waals surface area contributed by atoms with E-state index in [2.05, 4.69) is 10.7 Å². The van der Waals surface area contributed by atoms with Crippen LogP contribution >= 0.6 is 11.6 Å². The zero-order valence-corrected chi connectivity index (χ0v) is 21.1. The molecule has 39 heavy (non-hydrogen) atoms. The van der Waals surface area contributed by atoms with Gasteiger partial charge in [0.25, 0.3) is 5.91 Å². The number of para-hydroxylation sites is 1. The van der Waals surface area contributed by atoms with E-state index in [9.17, 15) is 31.1 Å². The predicted octanol–water partition coefficient (Wildman–Crippen LogP) is 5.12. The summed E-state index contributed by atoms with van der Waals surface area (Å²) >= 11 is 6.22. The van der Waals surface area contributed by atoms with Crippen molar-refractivity contribution in [2.24, 2.45) is 0 Å². The Hall–Kier alpha value is -3.90. The number of carbonyl (C=O) groups is 1. The molecule has 13 heteroatoms. The second-order valence-corrected chi connectivity index (χ2v) is 9.19. The third-order valence-electron chi connectivity index (χ3n) is 5.85. The van der Waals surface area contributed by atoms with E-state index in [1.165, 1.54) is 15.4 Å². The second-order valence-electron chi connectivity index (χ2n) is 8.78. The van der Waals surface area contributed by atoms with E-state index in [0.29, 0.717) is 28.4 Å². The van der Waals surface area contributed by atoms with E-state index in [-0.39, 0.29) is 36.2 Å². The molecule has 3 aromatic carbocycles. The van der Waals surface area contributed by atoms with E-state index in [1.807, 2.05) is 0 Å². The fourth-order valence-electron chi connectivity index (χ4n) is 3.95. The number of nitrogens with one attached hydrogen (secondary N) is 2. The highest BCUT2D eigenvalue weighted by Crippen LogP contribution is 2.36. The fraction of sp³-hybridized carbons (Fsp3) is 0.192. The Morgan fingerprint density at radius 3 is 2.13 bits per heavy atom. The molecule has 1 aliphatic rings. The highest BCUT2D eigenvalue weighted by Gasteiger charge is 2.38. The zero-order valence-electron chi connectivity index (χ0n) is 20.4. The summed E-state index contributed by atoms with van der Waals surface area (Å²) in [5.74, 6) is -0.324. The fourth-order valence-corrected chi connectivity index (χ4v) is 4.15. The molecule has 4 rings (SSSR count). The first-order valence-corrected chi connectivity index (χ1v) is 11.9. The SMILES string of the molecule is CN(Cc1ccccc1Cl)C(=O)C1=C(Nc2ccccc2)N(Cc2cc(C(F)(F)F)cc(C(F)(F)F)c2)[NH2+]N1. The average Bonchev–Trinajstić information content (AvgIpc) is 3.26. The minimum Gasteiger partial charge on any atom is -0.336 e. The lowest BCUT2D eigenvalue weighted by Gasteiger charge is -2.21. The zero-order chi connectivity index (χ0) is 28.4. The normalized spacial score (nSPS) is 13.9. The van der Waals surface area contributed by atoms with Crippen molar-refractivity contribution in [3.8, 4) is 0 Å². The van der Waals surface area contributed by atoms with Crippen molar-refractivity contribution in [3.63, 3.8) is 0 Å². The van der Waals surface area contributed by atoms with E-state index in [4.69, 9.17) is 11.6 Å². The highest BCUT2D eigenvalue weighted by molar-refractivity contribution is 6.31. The molecular formula is C26H23ClF6N5O+. The topological polar surface area (TPSA) is 64.2 Å². The van der Waals surface area contributed by atoms with Gasteiger partial charge in [0.1, 0.15) is 0 Å². The van der Waals surface area contributed by atoms with Crippen LogP contribution in [0.3, 0.4) is 0 Å². The summed E-state index contributed by atoms with van der Waals surface area (Å²) in [4.78, 5) is 14.8. The van der Waals surface area contributed by atoms with Crippen LogP contribution in [0, 0.1) is 0 Å². The average molecular weight is 571 g/mol. The molecule has 206 valence electrons.